The first-order chi connectivity index (χ1) is 21.2. The van der Waals surface area contributed by atoms with E-state index in [0.717, 1.165) is 22.4 Å². The third kappa shape index (κ3) is 4.06. The summed E-state index contributed by atoms with van der Waals surface area (Å²) < 4.78 is 19.1. The van der Waals surface area contributed by atoms with Gasteiger partial charge in [0.05, 0.1) is 6.20 Å². The van der Waals surface area contributed by atoms with Crippen molar-refractivity contribution in [2.75, 3.05) is 5.32 Å². The number of para-hydroxylation sites is 1. The van der Waals surface area contributed by atoms with E-state index in [-0.39, 0.29) is 25.2 Å². The quantitative estimate of drug-likeness (QED) is 0.256. The van der Waals surface area contributed by atoms with Gasteiger partial charge in [-0.3, -0.25) is 9.59 Å². The van der Waals surface area contributed by atoms with E-state index in [0.29, 0.717) is 28.9 Å². The van der Waals surface area contributed by atoms with Crippen molar-refractivity contribution in [3.8, 4) is 17.2 Å². The fraction of sp³-hybridized carbons (Fsp3) is 0.394. The molecule has 3 aliphatic rings. The highest BCUT2D eigenvalue weighted by Gasteiger charge is 2.61. The Morgan fingerprint density at radius 2 is 1.95 bits per heavy atom. The fourth-order valence-corrected chi connectivity index (χ4v) is 6.67. The summed E-state index contributed by atoms with van der Waals surface area (Å²) in [6.45, 7) is 7.41. The molecule has 4 aromatic rings. The number of aliphatic hydroxyl groups is 1. The molecule has 5 heterocycles. The smallest absolute Gasteiger partial charge is 0.252 e. The van der Waals surface area contributed by atoms with Gasteiger partial charge >= 0.3 is 0 Å². The molecule has 0 radical (unpaired) electrons. The van der Waals surface area contributed by atoms with Crippen LogP contribution in [0.2, 0.25) is 0 Å². The molecular weight excluding hydrogens is 562 g/mol. The van der Waals surface area contributed by atoms with Crippen molar-refractivity contribution in [2.45, 2.75) is 76.3 Å². The molecule has 0 fully saturated rings. The molecule has 228 valence electrons. The summed E-state index contributed by atoms with van der Waals surface area (Å²) in [6, 6.07) is 12.2. The Bertz CT molecular complexity index is 1740. The summed E-state index contributed by atoms with van der Waals surface area (Å²) in [6.07, 6.45) is 3.01. The number of amides is 2. The van der Waals surface area contributed by atoms with Crippen LogP contribution in [0, 0.1) is 5.92 Å². The van der Waals surface area contributed by atoms with Gasteiger partial charge < -0.3 is 34.6 Å². The van der Waals surface area contributed by atoms with E-state index in [1.807, 2.05) is 56.3 Å². The minimum Gasteiger partial charge on any atom is -0.469 e. The van der Waals surface area contributed by atoms with Gasteiger partial charge in [0.1, 0.15) is 28.8 Å². The maximum absolute atomic E-state index is 14.0. The van der Waals surface area contributed by atoms with Gasteiger partial charge in [0, 0.05) is 17.7 Å². The lowest BCUT2D eigenvalue weighted by molar-refractivity contribution is -0.143. The third-order valence-corrected chi connectivity index (χ3v) is 9.30. The number of nitrogens with zero attached hydrogens (tertiary/aromatic N) is 2. The second-order valence-electron chi connectivity index (χ2n) is 12.1. The molecule has 44 heavy (non-hydrogen) atoms. The Balaban J connectivity index is 1.47. The largest absolute Gasteiger partial charge is 0.469 e. The van der Waals surface area contributed by atoms with Crippen LogP contribution < -0.4 is 20.7 Å². The first-order valence-electron chi connectivity index (χ1n) is 15.1. The lowest BCUT2D eigenvalue weighted by Gasteiger charge is -2.30. The predicted molar refractivity (Wildman–Crippen MR) is 160 cm³/mol. The van der Waals surface area contributed by atoms with Gasteiger partial charge in [-0.2, -0.15) is 0 Å². The zero-order valence-electron chi connectivity index (χ0n) is 25.0. The SMILES string of the molecule is CCC(O)(CC)C(=O)N[C@H]1Cc2ccc3c(c2)[C@@]2(c4ccccc4NC2O3)c2oc(nc2-c2cnco2)[C@H](C(C)C)NC1=O. The molecule has 4 bridgehead atoms. The summed E-state index contributed by atoms with van der Waals surface area (Å²) in [5.74, 6) is 0.763. The zero-order chi connectivity index (χ0) is 30.8. The monoisotopic (exact) mass is 597 g/mol. The van der Waals surface area contributed by atoms with Crippen molar-refractivity contribution in [2.24, 2.45) is 5.92 Å². The molecule has 2 aromatic carbocycles. The molecule has 4 atom stereocenters. The maximum atomic E-state index is 14.0. The van der Waals surface area contributed by atoms with E-state index in [4.69, 9.17) is 18.6 Å². The van der Waals surface area contributed by atoms with Crippen LogP contribution in [0.5, 0.6) is 5.75 Å². The molecule has 7 rings (SSSR count). The number of carbonyl (C=O) groups is 2. The fourth-order valence-electron chi connectivity index (χ4n) is 6.67. The maximum Gasteiger partial charge on any atom is 0.252 e. The number of hydrogen-bond donors (Lipinski definition) is 4. The molecule has 11 heteroatoms. The molecule has 2 aromatic heterocycles. The minimum absolute atomic E-state index is 0.133. The second kappa shape index (κ2) is 10.2. The van der Waals surface area contributed by atoms with Crippen LogP contribution >= 0.6 is 0 Å². The van der Waals surface area contributed by atoms with Gasteiger partial charge in [0.2, 0.25) is 11.8 Å². The highest BCUT2D eigenvalue weighted by Crippen LogP contribution is 2.59. The summed E-state index contributed by atoms with van der Waals surface area (Å²) in [5.41, 5.74) is 1.41. The molecule has 0 aliphatic carbocycles. The molecule has 2 amide bonds. The lowest BCUT2D eigenvalue weighted by atomic mass is 9.72. The van der Waals surface area contributed by atoms with Crippen molar-refractivity contribution in [1.29, 1.82) is 0 Å². The summed E-state index contributed by atoms with van der Waals surface area (Å²) in [5, 5.41) is 20.4. The highest BCUT2D eigenvalue weighted by atomic mass is 16.5. The molecule has 1 spiro atoms. The first-order valence-corrected chi connectivity index (χ1v) is 15.1. The van der Waals surface area contributed by atoms with Gasteiger partial charge in [-0.1, -0.05) is 58.0 Å². The average molecular weight is 598 g/mol. The number of carbonyl (C=O) groups excluding carboxylic acids is 2. The Hall–Kier alpha value is -4.64. The molecule has 11 nitrogen and oxygen atoms in total. The number of hydrogen-bond acceptors (Lipinski definition) is 9. The summed E-state index contributed by atoms with van der Waals surface area (Å²) >= 11 is 0. The van der Waals surface area contributed by atoms with E-state index < -0.39 is 41.1 Å². The Morgan fingerprint density at radius 1 is 1.16 bits per heavy atom. The number of nitrogens with one attached hydrogen (secondary N) is 3. The Kier molecular flexibility index (Phi) is 6.54. The number of rotatable bonds is 6. The average Bonchev–Trinajstić information content (AvgIpc) is 3.80. The van der Waals surface area contributed by atoms with E-state index in [2.05, 4.69) is 20.9 Å². The van der Waals surface area contributed by atoms with Crippen LogP contribution in [-0.2, 0) is 21.4 Å². The Morgan fingerprint density at radius 3 is 2.68 bits per heavy atom. The molecule has 1 unspecified atom stereocenters. The predicted octanol–water partition coefficient (Wildman–Crippen LogP) is 4.21. The van der Waals surface area contributed by atoms with Crippen molar-refractivity contribution < 1.29 is 28.3 Å². The van der Waals surface area contributed by atoms with Crippen LogP contribution in [0.4, 0.5) is 5.69 Å². The van der Waals surface area contributed by atoms with Gasteiger partial charge in [0.25, 0.3) is 5.91 Å². The first kappa shape index (κ1) is 28.1. The Labute approximate surface area is 254 Å². The van der Waals surface area contributed by atoms with Gasteiger partial charge in [-0.15, -0.1) is 0 Å². The number of ether oxygens (including phenoxy) is 1. The molecule has 3 aliphatic heterocycles. The third-order valence-electron chi connectivity index (χ3n) is 9.30. The topological polar surface area (TPSA) is 152 Å². The minimum atomic E-state index is -1.59. The van der Waals surface area contributed by atoms with E-state index in [9.17, 15) is 14.7 Å². The number of aromatic nitrogens is 2. The zero-order valence-corrected chi connectivity index (χ0v) is 25.0. The van der Waals surface area contributed by atoms with Crippen LogP contribution in [0.25, 0.3) is 11.5 Å². The van der Waals surface area contributed by atoms with E-state index >= 15 is 0 Å². The van der Waals surface area contributed by atoms with Crippen LogP contribution in [-0.4, -0.2) is 44.8 Å². The van der Waals surface area contributed by atoms with Crippen LogP contribution in [0.15, 0.2) is 63.9 Å². The van der Waals surface area contributed by atoms with Gasteiger partial charge in [-0.25, -0.2) is 9.97 Å². The van der Waals surface area contributed by atoms with Gasteiger partial charge in [0.15, 0.2) is 29.8 Å². The summed E-state index contributed by atoms with van der Waals surface area (Å²) in [4.78, 5) is 36.4. The normalized spacial score (nSPS) is 23.5. The molecule has 0 saturated heterocycles. The van der Waals surface area contributed by atoms with Gasteiger partial charge in [-0.05, 0) is 42.0 Å². The number of fused-ring (bicyclic) bond motifs is 4. The van der Waals surface area contributed by atoms with E-state index in [1.54, 1.807) is 20.0 Å². The van der Waals surface area contributed by atoms with Crippen molar-refractivity contribution in [3.63, 3.8) is 0 Å². The molecule has 0 saturated carbocycles. The number of benzene rings is 2. The van der Waals surface area contributed by atoms with Crippen LogP contribution in [0.3, 0.4) is 0 Å². The highest BCUT2D eigenvalue weighted by molar-refractivity contribution is 5.91. The van der Waals surface area contributed by atoms with Crippen molar-refractivity contribution in [3.05, 3.63) is 83.4 Å². The molecular formula is C33H35N5O6. The number of oxazole rings is 2. The second-order valence-corrected chi connectivity index (χ2v) is 12.1. The lowest BCUT2D eigenvalue weighted by Crippen LogP contribution is -2.55. The molecule has 4 N–H and O–H groups in total. The van der Waals surface area contributed by atoms with Crippen LogP contribution in [0.1, 0.15) is 74.9 Å². The standard InChI is InChI=1S/C33H35N5O6/c1-5-32(41,6-2)30(40)35-22-14-18-11-12-23-20(13-18)33(19-9-7-8-10-21(19)36-31(33)43-23)27-26(24-15-34-16-42-24)38-29(44-27)25(17(3)4)37-28(22)39/h7-13,15-17,22,25,31,36,41H,5-6,14H2,1-4H3,(H,35,40)(H,37,39)/t22-,25-,31?,33-/m0/s1. The summed E-state index contributed by atoms with van der Waals surface area (Å²) in [7, 11) is 0. The number of anilines is 1. The van der Waals surface area contributed by atoms with E-state index in [1.165, 1.54) is 6.39 Å². The van der Waals surface area contributed by atoms with Crippen molar-refractivity contribution in [1.82, 2.24) is 20.6 Å². The van der Waals surface area contributed by atoms with Crippen molar-refractivity contribution >= 4 is 17.5 Å².